The number of fused-ring (bicyclic) bond motifs is 1. The molecule has 6 heteroatoms. The maximum absolute atomic E-state index is 12.2. The molecular weight excluding hydrogens is 328 g/mol. The molecule has 1 atom stereocenters. The molecule has 2 aromatic heterocycles. The van der Waals surface area contributed by atoms with Crippen LogP contribution in [0.5, 0.6) is 5.75 Å². The number of nitrogens with zero attached hydrogens (tertiary/aromatic N) is 3. The van der Waals surface area contributed by atoms with Crippen molar-refractivity contribution in [2.75, 3.05) is 20.2 Å². The van der Waals surface area contributed by atoms with Crippen molar-refractivity contribution in [1.29, 1.82) is 0 Å². The number of H-pyrrole nitrogens is 1. The zero-order valence-corrected chi connectivity index (χ0v) is 15.2. The van der Waals surface area contributed by atoms with Crippen LogP contribution in [-0.2, 0) is 13.0 Å². The number of aryl methyl sites for hydroxylation is 1. The molecule has 6 nitrogen and oxygen atoms in total. The lowest BCUT2D eigenvalue weighted by Crippen LogP contribution is -2.20. The minimum Gasteiger partial charge on any atom is -0.497 e. The van der Waals surface area contributed by atoms with E-state index in [0.29, 0.717) is 5.92 Å². The van der Waals surface area contributed by atoms with Gasteiger partial charge >= 0.3 is 0 Å². The Kier molecular flexibility index (Phi) is 4.51. The number of rotatable bonds is 5. The smallest absolute Gasteiger partial charge is 0.272 e. The van der Waals surface area contributed by atoms with Crippen molar-refractivity contribution in [3.8, 4) is 5.75 Å². The maximum atomic E-state index is 12.2. The molecule has 0 spiro atoms. The van der Waals surface area contributed by atoms with Crippen molar-refractivity contribution in [3.05, 3.63) is 63.7 Å². The summed E-state index contributed by atoms with van der Waals surface area (Å²) in [4.78, 5) is 19.2. The lowest BCUT2D eigenvalue weighted by atomic mass is 10.1. The highest BCUT2D eigenvalue weighted by Gasteiger charge is 2.25. The third kappa shape index (κ3) is 3.24. The number of likely N-dealkylation sites (tertiary alicyclic amines) is 1. The molecule has 1 aliphatic heterocycles. The first-order valence-corrected chi connectivity index (χ1v) is 9.13. The first kappa shape index (κ1) is 16.8. The molecule has 1 fully saturated rings. The van der Waals surface area contributed by atoms with Gasteiger partial charge in [0.25, 0.3) is 5.56 Å². The Morgan fingerprint density at radius 2 is 2.08 bits per heavy atom. The molecule has 1 N–H and O–H groups in total. The largest absolute Gasteiger partial charge is 0.497 e. The highest BCUT2D eigenvalue weighted by atomic mass is 16.5. The van der Waals surface area contributed by atoms with E-state index in [0.717, 1.165) is 55.3 Å². The highest BCUT2D eigenvalue weighted by Crippen LogP contribution is 2.28. The van der Waals surface area contributed by atoms with E-state index in [1.165, 1.54) is 5.56 Å². The number of hydrogen-bond donors (Lipinski definition) is 1. The molecule has 4 rings (SSSR count). The number of benzene rings is 1. The van der Waals surface area contributed by atoms with E-state index in [4.69, 9.17) is 4.74 Å². The van der Waals surface area contributed by atoms with Crippen molar-refractivity contribution in [2.45, 2.75) is 32.2 Å². The second-order valence-electron chi connectivity index (χ2n) is 6.91. The standard InChI is InChI=1S/C20H24N4O2/c1-3-16-10-20(25)24-19(21-16)11-18(22-24)15-8-9-23(13-15)12-14-4-6-17(26-2)7-5-14/h4-7,10-11,15,22H,3,8-9,12-13H2,1-2H3/t15-/m1/s1. The van der Waals surface area contributed by atoms with Crippen molar-refractivity contribution < 1.29 is 4.74 Å². The van der Waals surface area contributed by atoms with Crippen LogP contribution in [0.15, 0.2) is 41.2 Å². The molecule has 3 heterocycles. The van der Waals surface area contributed by atoms with Gasteiger partial charge < -0.3 is 4.74 Å². The van der Waals surface area contributed by atoms with Crippen LogP contribution < -0.4 is 10.3 Å². The molecule has 1 saturated heterocycles. The average Bonchev–Trinajstić information content (AvgIpc) is 3.29. The van der Waals surface area contributed by atoms with Crippen LogP contribution in [0, 0.1) is 0 Å². The van der Waals surface area contributed by atoms with Crippen LogP contribution >= 0.6 is 0 Å². The second kappa shape index (κ2) is 6.96. The van der Waals surface area contributed by atoms with Gasteiger partial charge in [-0.1, -0.05) is 19.1 Å². The van der Waals surface area contributed by atoms with E-state index in [1.807, 2.05) is 25.1 Å². The van der Waals surface area contributed by atoms with Crippen LogP contribution in [0.1, 0.15) is 36.2 Å². The molecule has 0 saturated carbocycles. The number of hydrogen-bond acceptors (Lipinski definition) is 4. The molecule has 0 bridgehead atoms. The Hall–Kier alpha value is -2.60. The summed E-state index contributed by atoms with van der Waals surface area (Å²) >= 11 is 0. The molecule has 26 heavy (non-hydrogen) atoms. The van der Waals surface area contributed by atoms with Gasteiger partial charge in [-0.15, -0.1) is 0 Å². The summed E-state index contributed by atoms with van der Waals surface area (Å²) in [5.74, 6) is 1.29. The van der Waals surface area contributed by atoms with Gasteiger partial charge in [-0.2, -0.15) is 0 Å². The van der Waals surface area contributed by atoms with Gasteiger partial charge in [0.05, 0.1) is 7.11 Å². The molecule has 0 unspecified atom stereocenters. The zero-order valence-electron chi connectivity index (χ0n) is 15.2. The Morgan fingerprint density at radius 1 is 1.27 bits per heavy atom. The third-order valence-electron chi connectivity index (χ3n) is 5.16. The van der Waals surface area contributed by atoms with E-state index in [-0.39, 0.29) is 5.56 Å². The van der Waals surface area contributed by atoms with Crippen LogP contribution in [-0.4, -0.2) is 39.7 Å². The van der Waals surface area contributed by atoms with Gasteiger partial charge in [-0.25, -0.2) is 9.50 Å². The maximum Gasteiger partial charge on any atom is 0.272 e. The highest BCUT2D eigenvalue weighted by molar-refractivity contribution is 5.41. The number of ether oxygens (including phenoxy) is 1. The molecule has 0 aliphatic carbocycles. The first-order valence-electron chi connectivity index (χ1n) is 9.13. The monoisotopic (exact) mass is 352 g/mol. The Labute approximate surface area is 152 Å². The first-order chi connectivity index (χ1) is 12.7. The van der Waals surface area contributed by atoms with Crippen LogP contribution in [0.4, 0.5) is 0 Å². The molecule has 1 aliphatic rings. The Bertz CT molecular complexity index is 958. The van der Waals surface area contributed by atoms with Crippen molar-refractivity contribution in [1.82, 2.24) is 19.5 Å². The van der Waals surface area contributed by atoms with Gasteiger partial charge in [0.2, 0.25) is 0 Å². The summed E-state index contributed by atoms with van der Waals surface area (Å²) < 4.78 is 6.77. The number of aromatic nitrogens is 3. The van der Waals surface area contributed by atoms with Crippen molar-refractivity contribution in [2.24, 2.45) is 0 Å². The second-order valence-corrected chi connectivity index (χ2v) is 6.91. The summed E-state index contributed by atoms with van der Waals surface area (Å²) in [6, 6.07) is 11.9. The fourth-order valence-electron chi connectivity index (χ4n) is 3.67. The molecule has 0 radical (unpaired) electrons. The lowest BCUT2D eigenvalue weighted by Gasteiger charge is -2.16. The molecule has 1 aromatic carbocycles. The predicted octanol–water partition coefficient (Wildman–Crippen LogP) is 2.58. The molecule has 136 valence electrons. The minimum atomic E-state index is -0.0359. The quantitative estimate of drug-likeness (QED) is 0.767. The number of nitrogens with one attached hydrogen (secondary N) is 1. The summed E-state index contributed by atoms with van der Waals surface area (Å²) in [5.41, 5.74) is 3.91. The van der Waals surface area contributed by atoms with Crippen LogP contribution in [0.25, 0.3) is 5.65 Å². The predicted molar refractivity (Wildman–Crippen MR) is 101 cm³/mol. The van der Waals surface area contributed by atoms with E-state index in [2.05, 4.69) is 27.1 Å². The van der Waals surface area contributed by atoms with Crippen molar-refractivity contribution >= 4 is 5.65 Å². The summed E-state index contributed by atoms with van der Waals surface area (Å²) in [5, 5.41) is 3.26. The van der Waals surface area contributed by atoms with E-state index >= 15 is 0 Å². The number of aromatic amines is 1. The molecule has 3 aromatic rings. The van der Waals surface area contributed by atoms with Gasteiger partial charge in [-0.3, -0.25) is 14.8 Å². The third-order valence-corrected chi connectivity index (χ3v) is 5.16. The van der Waals surface area contributed by atoms with Gasteiger partial charge in [0.15, 0.2) is 5.65 Å². The summed E-state index contributed by atoms with van der Waals surface area (Å²) in [6.45, 7) is 4.97. The Balaban J connectivity index is 1.48. The van der Waals surface area contributed by atoms with E-state index in [9.17, 15) is 4.79 Å². The Morgan fingerprint density at radius 3 is 2.81 bits per heavy atom. The SMILES string of the molecule is CCc1cc(=O)n2[nH]c([C@@H]3CCN(Cc4ccc(OC)cc4)C3)cc2n1. The van der Waals surface area contributed by atoms with Crippen molar-refractivity contribution in [3.63, 3.8) is 0 Å². The fourth-order valence-corrected chi connectivity index (χ4v) is 3.67. The van der Waals surface area contributed by atoms with Crippen LogP contribution in [0.2, 0.25) is 0 Å². The minimum absolute atomic E-state index is 0.0359. The fraction of sp³-hybridized carbons (Fsp3) is 0.400. The average molecular weight is 352 g/mol. The van der Waals surface area contributed by atoms with Crippen LogP contribution in [0.3, 0.4) is 0 Å². The molecule has 0 amide bonds. The topological polar surface area (TPSA) is 62.6 Å². The normalized spacial score (nSPS) is 17.8. The summed E-state index contributed by atoms with van der Waals surface area (Å²) in [7, 11) is 1.68. The number of methoxy groups -OCH3 is 1. The lowest BCUT2D eigenvalue weighted by molar-refractivity contribution is 0.326. The van der Waals surface area contributed by atoms with Gasteiger partial charge in [0, 0.05) is 42.5 Å². The zero-order chi connectivity index (χ0) is 18.1. The van der Waals surface area contributed by atoms with Gasteiger partial charge in [-0.05, 0) is 37.1 Å². The van der Waals surface area contributed by atoms with E-state index < -0.39 is 0 Å². The summed E-state index contributed by atoms with van der Waals surface area (Å²) in [6.07, 6.45) is 1.85. The van der Waals surface area contributed by atoms with Gasteiger partial charge in [0.1, 0.15) is 5.75 Å². The van der Waals surface area contributed by atoms with E-state index in [1.54, 1.807) is 17.7 Å². The molecular formula is C20H24N4O2.